The molecule has 0 N–H and O–H groups in total. The molecule has 0 radical (unpaired) electrons. The molecule has 1 fully saturated rings. The number of benzene rings is 2. The van der Waals surface area contributed by atoms with Gasteiger partial charge in [0, 0.05) is 37.5 Å². The Kier molecular flexibility index (Phi) is 6.09. The molecule has 1 atom stereocenters. The molecule has 1 saturated heterocycles. The first-order valence-corrected chi connectivity index (χ1v) is 11.0. The Hall–Kier alpha value is -2.47. The zero-order valence-corrected chi connectivity index (χ0v) is 17.5. The Labute approximate surface area is 176 Å². The lowest BCUT2D eigenvalue weighted by Gasteiger charge is -2.36. The highest BCUT2D eigenvalue weighted by Crippen LogP contribution is 2.37. The van der Waals surface area contributed by atoms with Gasteiger partial charge in [0.25, 0.3) is 0 Å². The molecule has 29 heavy (non-hydrogen) atoms. The van der Waals surface area contributed by atoms with Crippen molar-refractivity contribution in [3.63, 3.8) is 0 Å². The number of methoxy groups -OCH3 is 1. The van der Waals surface area contributed by atoms with Gasteiger partial charge < -0.3 is 14.5 Å². The minimum atomic E-state index is -0.0234. The predicted molar refractivity (Wildman–Crippen MR) is 114 cm³/mol. The van der Waals surface area contributed by atoms with Crippen LogP contribution in [0.15, 0.2) is 53.4 Å². The number of piperazine rings is 1. The average molecular weight is 411 g/mol. The molecule has 2 heterocycles. The van der Waals surface area contributed by atoms with Gasteiger partial charge in [-0.1, -0.05) is 30.3 Å². The van der Waals surface area contributed by atoms with E-state index >= 15 is 0 Å². The van der Waals surface area contributed by atoms with Crippen LogP contribution in [0.2, 0.25) is 0 Å². The highest BCUT2D eigenvalue weighted by atomic mass is 32.2. The molecule has 2 amide bonds. The van der Waals surface area contributed by atoms with Crippen molar-refractivity contribution in [3.8, 4) is 5.75 Å². The molecule has 2 aliphatic rings. The van der Waals surface area contributed by atoms with Gasteiger partial charge in [0.05, 0.1) is 12.4 Å². The largest absolute Gasteiger partial charge is 0.497 e. The Morgan fingerprint density at radius 2 is 1.69 bits per heavy atom. The van der Waals surface area contributed by atoms with Crippen LogP contribution in [0.25, 0.3) is 0 Å². The second-order valence-corrected chi connectivity index (χ2v) is 8.72. The number of thioether (sulfide) groups is 1. The summed E-state index contributed by atoms with van der Waals surface area (Å²) in [6.45, 7) is 2.50. The van der Waals surface area contributed by atoms with Crippen LogP contribution in [-0.2, 0) is 22.4 Å². The first-order valence-electron chi connectivity index (χ1n) is 10.1. The molecule has 2 aromatic carbocycles. The Balaban J connectivity index is 1.23. The van der Waals surface area contributed by atoms with Crippen LogP contribution in [0.4, 0.5) is 0 Å². The van der Waals surface area contributed by atoms with Crippen LogP contribution in [0, 0.1) is 0 Å². The lowest BCUT2D eigenvalue weighted by atomic mass is 10.1. The number of carbonyl (C=O) groups excluding carboxylic acids is 2. The number of hydrogen-bond acceptors (Lipinski definition) is 4. The van der Waals surface area contributed by atoms with E-state index in [1.165, 1.54) is 10.5 Å². The molecule has 6 heteroatoms. The standard InChI is InChI=1S/C23H26N2O3S/c1-28-19-9-6-17(7-10-19)8-11-22(26)24-12-14-25(15-13-24)23(27)21-16-18-4-2-3-5-20(18)29-21/h2-7,9-10,21H,8,11-16H2,1H3. The SMILES string of the molecule is COc1ccc(CCC(=O)N2CCN(C(=O)C3Cc4ccccc4S3)CC2)cc1. The number of nitrogens with zero attached hydrogens (tertiary/aromatic N) is 2. The third-order valence-corrected chi connectivity index (χ3v) is 6.96. The maximum atomic E-state index is 12.9. The lowest BCUT2D eigenvalue weighted by Crippen LogP contribution is -2.52. The zero-order chi connectivity index (χ0) is 20.2. The normalized spacial score (nSPS) is 18.4. The monoisotopic (exact) mass is 410 g/mol. The molecule has 0 saturated carbocycles. The van der Waals surface area contributed by atoms with E-state index in [2.05, 4.69) is 12.1 Å². The third-order valence-electron chi connectivity index (χ3n) is 5.65. The van der Waals surface area contributed by atoms with Crippen LogP contribution in [-0.4, -0.2) is 60.2 Å². The third kappa shape index (κ3) is 4.58. The summed E-state index contributed by atoms with van der Waals surface area (Å²) in [5.74, 6) is 1.19. The summed E-state index contributed by atoms with van der Waals surface area (Å²) in [6, 6.07) is 16.1. The fourth-order valence-electron chi connectivity index (χ4n) is 3.90. The van der Waals surface area contributed by atoms with Gasteiger partial charge in [-0.15, -0.1) is 11.8 Å². The Morgan fingerprint density at radius 1 is 1.00 bits per heavy atom. The summed E-state index contributed by atoms with van der Waals surface area (Å²) in [5.41, 5.74) is 2.40. The van der Waals surface area contributed by atoms with Crippen LogP contribution in [0.3, 0.4) is 0 Å². The van der Waals surface area contributed by atoms with Crippen LogP contribution in [0.1, 0.15) is 17.5 Å². The summed E-state index contributed by atoms with van der Waals surface area (Å²) in [7, 11) is 1.65. The van der Waals surface area contributed by atoms with Crippen molar-refractivity contribution in [1.82, 2.24) is 9.80 Å². The molecular formula is C23H26N2O3S. The van der Waals surface area contributed by atoms with Gasteiger partial charge in [-0.05, 0) is 42.2 Å². The molecule has 2 aromatic rings. The van der Waals surface area contributed by atoms with Crippen molar-refractivity contribution >= 4 is 23.6 Å². The van der Waals surface area contributed by atoms with Gasteiger partial charge in [-0.25, -0.2) is 0 Å². The Morgan fingerprint density at radius 3 is 2.38 bits per heavy atom. The molecule has 1 unspecified atom stereocenters. The molecular weight excluding hydrogens is 384 g/mol. The second-order valence-electron chi connectivity index (χ2n) is 7.47. The van der Waals surface area contributed by atoms with Gasteiger partial charge in [0.2, 0.25) is 11.8 Å². The number of fused-ring (bicyclic) bond motifs is 1. The van der Waals surface area contributed by atoms with Crippen molar-refractivity contribution in [2.24, 2.45) is 0 Å². The van der Waals surface area contributed by atoms with E-state index < -0.39 is 0 Å². The van der Waals surface area contributed by atoms with E-state index in [4.69, 9.17) is 4.74 Å². The van der Waals surface area contributed by atoms with Gasteiger partial charge in [-0.3, -0.25) is 9.59 Å². The smallest absolute Gasteiger partial charge is 0.236 e. The van der Waals surface area contributed by atoms with E-state index in [1.807, 2.05) is 46.2 Å². The molecule has 0 bridgehead atoms. The number of carbonyl (C=O) groups is 2. The maximum absolute atomic E-state index is 12.9. The van der Waals surface area contributed by atoms with Crippen molar-refractivity contribution in [1.29, 1.82) is 0 Å². The number of rotatable bonds is 5. The number of aryl methyl sites for hydroxylation is 1. The van der Waals surface area contributed by atoms with Crippen LogP contribution in [0.5, 0.6) is 5.75 Å². The van der Waals surface area contributed by atoms with Gasteiger partial charge >= 0.3 is 0 Å². The molecule has 2 aliphatic heterocycles. The topological polar surface area (TPSA) is 49.9 Å². The first kappa shape index (κ1) is 19.8. The molecule has 4 rings (SSSR count). The van der Waals surface area contributed by atoms with Crippen molar-refractivity contribution in [2.75, 3.05) is 33.3 Å². The van der Waals surface area contributed by atoms with Gasteiger partial charge in [0.15, 0.2) is 0 Å². The Bertz CT molecular complexity index is 851. The zero-order valence-electron chi connectivity index (χ0n) is 16.7. The molecule has 0 spiro atoms. The second kappa shape index (κ2) is 8.91. The maximum Gasteiger partial charge on any atom is 0.236 e. The van der Waals surface area contributed by atoms with E-state index in [0.29, 0.717) is 32.6 Å². The lowest BCUT2D eigenvalue weighted by molar-refractivity contribution is -0.139. The number of hydrogen-bond donors (Lipinski definition) is 0. The number of ether oxygens (including phenoxy) is 1. The molecule has 0 aromatic heterocycles. The molecule has 152 valence electrons. The van der Waals surface area contributed by atoms with E-state index in [1.54, 1.807) is 18.9 Å². The van der Waals surface area contributed by atoms with E-state index in [9.17, 15) is 9.59 Å². The summed E-state index contributed by atoms with van der Waals surface area (Å²) in [6.07, 6.45) is 2.02. The highest BCUT2D eigenvalue weighted by Gasteiger charge is 2.33. The quantitative estimate of drug-likeness (QED) is 0.760. The highest BCUT2D eigenvalue weighted by molar-refractivity contribution is 8.01. The van der Waals surface area contributed by atoms with Crippen molar-refractivity contribution in [2.45, 2.75) is 29.4 Å². The van der Waals surface area contributed by atoms with E-state index in [0.717, 1.165) is 24.2 Å². The van der Waals surface area contributed by atoms with E-state index in [-0.39, 0.29) is 17.1 Å². The van der Waals surface area contributed by atoms with Crippen molar-refractivity contribution in [3.05, 3.63) is 59.7 Å². The summed E-state index contributed by atoms with van der Waals surface area (Å²) in [4.78, 5) is 30.5. The van der Waals surface area contributed by atoms with Crippen LogP contribution < -0.4 is 4.74 Å². The minimum Gasteiger partial charge on any atom is -0.497 e. The van der Waals surface area contributed by atoms with Gasteiger partial charge in [-0.2, -0.15) is 0 Å². The fraction of sp³-hybridized carbons (Fsp3) is 0.391. The van der Waals surface area contributed by atoms with Crippen molar-refractivity contribution < 1.29 is 14.3 Å². The summed E-state index contributed by atoms with van der Waals surface area (Å²) in [5, 5.41) is -0.0234. The fourth-order valence-corrected chi connectivity index (χ4v) is 5.18. The predicted octanol–water partition coefficient (Wildman–Crippen LogP) is 3.02. The minimum absolute atomic E-state index is 0.0234. The molecule has 5 nitrogen and oxygen atoms in total. The first-order chi connectivity index (χ1) is 14.1. The average Bonchev–Trinajstić information content (AvgIpc) is 3.22. The summed E-state index contributed by atoms with van der Waals surface area (Å²) < 4.78 is 5.17. The van der Waals surface area contributed by atoms with Crippen LogP contribution >= 0.6 is 11.8 Å². The summed E-state index contributed by atoms with van der Waals surface area (Å²) >= 11 is 1.67. The number of amides is 2. The van der Waals surface area contributed by atoms with Gasteiger partial charge in [0.1, 0.15) is 5.75 Å². The molecule has 0 aliphatic carbocycles.